The molecule has 1 N–H and O–H groups in total. The number of likely N-dealkylation sites (tertiary alicyclic amines) is 1. The van der Waals surface area contributed by atoms with Gasteiger partial charge in [-0.15, -0.1) is 0 Å². The third-order valence-electron chi connectivity index (χ3n) is 5.90. The number of nitrogens with zero attached hydrogens (tertiary/aromatic N) is 2. The molecule has 0 spiro atoms. The first-order chi connectivity index (χ1) is 12.2. The van der Waals surface area contributed by atoms with Crippen molar-refractivity contribution < 1.29 is 4.79 Å². The first-order valence-corrected chi connectivity index (χ1v) is 9.36. The molecule has 2 unspecified atom stereocenters. The van der Waals surface area contributed by atoms with Crippen LogP contribution in [0.3, 0.4) is 0 Å². The number of carbonyl (C=O) groups excluding carboxylic acids is 1. The number of carbonyl (C=O) groups is 1. The Kier molecular flexibility index (Phi) is 3.69. The maximum absolute atomic E-state index is 13.1. The minimum atomic E-state index is -0.0925. The van der Waals surface area contributed by atoms with Crippen molar-refractivity contribution in [2.24, 2.45) is 10.8 Å². The predicted octanol–water partition coefficient (Wildman–Crippen LogP) is 3.51. The minimum Gasteiger partial charge on any atom is -0.335 e. The van der Waals surface area contributed by atoms with E-state index in [0.717, 1.165) is 30.8 Å². The van der Waals surface area contributed by atoms with Gasteiger partial charge in [-0.3, -0.25) is 14.7 Å². The lowest BCUT2D eigenvalue weighted by Crippen LogP contribution is -2.37. The molecule has 1 aromatic heterocycles. The number of fused-ring (bicyclic) bond motifs is 2. The van der Waals surface area contributed by atoms with Crippen LogP contribution in [0.25, 0.3) is 5.69 Å². The van der Waals surface area contributed by atoms with Crippen LogP contribution in [-0.4, -0.2) is 33.2 Å². The van der Waals surface area contributed by atoms with E-state index in [1.807, 2.05) is 31.2 Å². The molecule has 1 saturated heterocycles. The van der Waals surface area contributed by atoms with E-state index in [0.29, 0.717) is 17.0 Å². The Morgan fingerprint density at radius 1 is 1.15 bits per heavy atom. The number of benzene rings is 1. The normalized spacial score (nSPS) is 26.9. The summed E-state index contributed by atoms with van der Waals surface area (Å²) in [5.41, 5.74) is 2.69. The predicted molar refractivity (Wildman–Crippen MR) is 102 cm³/mol. The molecule has 0 radical (unpaired) electrons. The third-order valence-corrected chi connectivity index (χ3v) is 5.90. The molecule has 2 aliphatic rings. The fourth-order valence-electron chi connectivity index (χ4n) is 5.32. The Balaban J connectivity index is 1.58. The van der Waals surface area contributed by atoms with Crippen molar-refractivity contribution in [3.63, 3.8) is 0 Å². The summed E-state index contributed by atoms with van der Waals surface area (Å²) < 4.78 is 1.50. The standard InChI is InChI=1S/C21H27N3O2/c1-14-9-18(25)24(22-14)16-7-5-15(6-8-16)19(26)23-13-21(4)11-17(23)10-20(2,3)12-21/h5-9,17,22H,10-13H2,1-4H3. The van der Waals surface area contributed by atoms with Gasteiger partial charge < -0.3 is 4.90 Å². The van der Waals surface area contributed by atoms with Crippen LogP contribution in [0.2, 0.25) is 0 Å². The van der Waals surface area contributed by atoms with Crippen molar-refractivity contribution in [2.75, 3.05) is 6.54 Å². The van der Waals surface area contributed by atoms with E-state index in [2.05, 4.69) is 30.8 Å². The molecule has 1 aliphatic heterocycles. The molecule has 1 saturated carbocycles. The Hall–Kier alpha value is -2.30. The number of nitrogens with one attached hydrogen (secondary N) is 1. The lowest BCUT2D eigenvalue weighted by molar-refractivity contribution is 0.0708. The van der Waals surface area contributed by atoms with Gasteiger partial charge in [0.25, 0.3) is 11.5 Å². The van der Waals surface area contributed by atoms with E-state index < -0.39 is 0 Å². The van der Waals surface area contributed by atoms with Crippen molar-refractivity contribution in [3.8, 4) is 5.69 Å². The molecule has 4 rings (SSSR count). The molecule has 1 aromatic carbocycles. The van der Waals surface area contributed by atoms with Gasteiger partial charge in [-0.2, -0.15) is 0 Å². The van der Waals surface area contributed by atoms with Crippen molar-refractivity contribution in [2.45, 2.75) is 53.0 Å². The van der Waals surface area contributed by atoms with Crippen LogP contribution in [0, 0.1) is 17.8 Å². The summed E-state index contributed by atoms with van der Waals surface area (Å²) in [5, 5.41) is 3.02. The lowest BCUT2D eigenvalue weighted by Gasteiger charge is -2.39. The molecular weight excluding hydrogens is 326 g/mol. The number of aromatic nitrogens is 2. The lowest BCUT2D eigenvalue weighted by atomic mass is 9.65. The second-order valence-corrected chi connectivity index (χ2v) is 9.31. The van der Waals surface area contributed by atoms with Gasteiger partial charge in [0.05, 0.1) is 5.69 Å². The Morgan fingerprint density at radius 3 is 2.46 bits per heavy atom. The van der Waals surface area contributed by atoms with E-state index in [9.17, 15) is 9.59 Å². The summed E-state index contributed by atoms with van der Waals surface area (Å²) in [6.45, 7) is 9.64. The van der Waals surface area contributed by atoms with Gasteiger partial charge in [0.2, 0.25) is 0 Å². The highest BCUT2D eigenvalue weighted by atomic mass is 16.2. The van der Waals surface area contributed by atoms with Crippen molar-refractivity contribution in [3.05, 3.63) is 51.9 Å². The monoisotopic (exact) mass is 353 g/mol. The zero-order chi connectivity index (χ0) is 18.7. The fraction of sp³-hybridized carbons (Fsp3) is 0.524. The van der Waals surface area contributed by atoms with Gasteiger partial charge in [-0.05, 0) is 61.3 Å². The second kappa shape index (κ2) is 5.60. The van der Waals surface area contributed by atoms with Gasteiger partial charge in [0.15, 0.2) is 0 Å². The average Bonchev–Trinajstić information content (AvgIpc) is 3.01. The highest BCUT2D eigenvalue weighted by molar-refractivity contribution is 5.95. The minimum absolute atomic E-state index is 0.0925. The molecule has 2 heterocycles. The van der Waals surface area contributed by atoms with Crippen LogP contribution in [0.4, 0.5) is 0 Å². The Bertz CT molecular complexity index is 906. The zero-order valence-corrected chi connectivity index (χ0v) is 16.0. The van der Waals surface area contributed by atoms with E-state index >= 15 is 0 Å². The second-order valence-electron chi connectivity index (χ2n) is 9.31. The van der Waals surface area contributed by atoms with Gasteiger partial charge in [-0.25, -0.2) is 4.68 Å². The summed E-state index contributed by atoms with van der Waals surface area (Å²) in [5.74, 6) is 0.109. The van der Waals surface area contributed by atoms with Crippen LogP contribution >= 0.6 is 0 Å². The van der Waals surface area contributed by atoms with Crippen LogP contribution in [0.5, 0.6) is 0 Å². The van der Waals surface area contributed by atoms with E-state index in [4.69, 9.17) is 0 Å². The molecule has 2 fully saturated rings. The number of hydrogen-bond acceptors (Lipinski definition) is 2. The highest BCUT2D eigenvalue weighted by Crippen LogP contribution is 2.52. The first kappa shape index (κ1) is 17.1. The maximum atomic E-state index is 13.1. The molecular formula is C21H27N3O2. The number of H-pyrrole nitrogens is 1. The molecule has 1 amide bonds. The van der Waals surface area contributed by atoms with Crippen LogP contribution < -0.4 is 5.56 Å². The average molecular weight is 353 g/mol. The zero-order valence-electron chi connectivity index (χ0n) is 16.0. The van der Waals surface area contributed by atoms with Crippen molar-refractivity contribution in [1.29, 1.82) is 0 Å². The number of aromatic amines is 1. The third kappa shape index (κ3) is 2.89. The molecule has 26 heavy (non-hydrogen) atoms. The molecule has 2 atom stereocenters. The summed E-state index contributed by atoms with van der Waals surface area (Å²) in [4.78, 5) is 27.1. The number of rotatable bonds is 2. The SMILES string of the molecule is Cc1cc(=O)n(-c2ccc(C(=O)N3CC4(C)CC3CC(C)(C)C4)cc2)[nH]1. The Morgan fingerprint density at radius 2 is 1.85 bits per heavy atom. The molecule has 138 valence electrons. The summed E-state index contributed by atoms with van der Waals surface area (Å²) in [6.07, 6.45) is 3.36. The van der Waals surface area contributed by atoms with E-state index in [1.54, 1.807) is 6.07 Å². The smallest absolute Gasteiger partial charge is 0.271 e. The van der Waals surface area contributed by atoms with Crippen LogP contribution in [0.1, 0.15) is 56.1 Å². The molecule has 2 aromatic rings. The van der Waals surface area contributed by atoms with Crippen LogP contribution in [0.15, 0.2) is 35.1 Å². The number of aryl methyl sites for hydroxylation is 1. The largest absolute Gasteiger partial charge is 0.335 e. The molecule has 2 bridgehead atoms. The number of hydrogen-bond donors (Lipinski definition) is 1. The maximum Gasteiger partial charge on any atom is 0.271 e. The summed E-state index contributed by atoms with van der Waals surface area (Å²) in [6, 6.07) is 9.22. The molecule has 5 heteroatoms. The molecule has 5 nitrogen and oxygen atoms in total. The van der Waals surface area contributed by atoms with Crippen molar-refractivity contribution >= 4 is 5.91 Å². The fourth-order valence-corrected chi connectivity index (χ4v) is 5.32. The number of amides is 1. The quantitative estimate of drug-likeness (QED) is 0.898. The summed E-state index contributed by atoms with van der Waals surface area (Å²) in [7, 11) is 0. The van der Waals surface area contributed by atoms with Gasteiger partial charge in [0, 0.05) is 29.9 Å². The van der Waals surface area contributed by atoms with Crippen molar-refractivity contribution in [1.82, 2.24) is 14.7 Å². The Labute approximate surface area is 154 Å². The first-order valence-electron chi connectivity index (χ1n) is 9.36. The molecule has 1 aliphatic carbocycles. The van der Waals surface area contributed by atoms with Gasteiger partial charge in [-0.1, -0.05) is 20.8 Å². The van der Waals surface area contributed by atoms with Crippen LogP contribution in [-0.2, 0) is 0 Å². The van der Waals surface area contributed by atoms with E-state index in [1.165, 1.54) is 11.1 Å². The van der Waals surface area contributed by atoms with E-state index in [-0.39, 0.29) is 16.9 Å². The summed E-state index contributed by atoms with van der Waals surface area (Å²) >= 11 is 0. The van der Waals surface area contributed by atoms with Gasteiger partial charge >= 0.3 is 0 Å². The topological polar surface area (TPSA) is 58.1 Å². The highest BCUT2D eigenvalue weighted by Gasteiger charge is 2.50. The van der Waals surface area contributed by atoms with Gasteiger partial charge in [0.1, 0.15) is 0 Å².